The van der Waals surface area contributed by atoms with E-state index in [-0.39, 0.29) is 0 Å². The molecule has 0 unspecified atom stereocenters. The van der Waals surface area contributed by atoms with Crippen molar-refractivity contribution in [3.8, 4) is 0 Å². The largest absolute Gasteiger partial charge is 0.382 e. The minimum atomic E-state index is 0.570. The molecule has 0 fully saturated rings. The van der Waals surface area contributed by atoms with Crippen molar-refractivity contribution in [2.75, 3.05) is 20.3 Å². The molecule has 1 aromatic rings. The molecule has 0 bridgehead atoms. The molecule has 0 heterocycles. The molecule has 4 heteroatoms. The van der Waals surface area contributed by atoms with E-state index in [0.717, 1.165) is 6.54 Å². The zero-order chi connectivity index (χ0) is 10.2. The number of hydroxylamine groups is 1. The summed E-state index contributed by atoms with van der Waals surface area (Å²) in [6.07, 6.45) is 0. The van der Waals surface area contributed by atoms with Crippen LogP contribution < -0.4 is 5.48 Å². The lowest BCUT2D eigenvalue weighted by Crippen LogP contribution is -2.17. The Morgan fingerprint density at radius 2 is 1.93 bits per heavy atom. The quantitative estimate of drug-likeness (QED) is 0.495. The van der Waals surface area contributed by atoms with Gasteiger partial charge in [0.05, 0.1) is 13.2 Å². The molecule has 1 aromatic carbocycles. The van der Waals surface area contributed by atoms with Crippen LogP contribution in [0.5, 0.6) is 0 Å². The molecule has 78 valence electrons. The maximum atomic E-state index is 5.13. The maximum Gasteiger partial charge on any atom is 0.0916 e. The summed E-state index contributed by atoms with van der Waals surface area (Å²) in [5.41, 5.74) is 4.08. The molecule has 0 aliphatic rings. The minimum absolute atomic E-state index is 0.570. The van der Waals surface area contributed by atoms with Crippen LogP contribution in [0.1, 0.15) is 5.56 Å². The Labute approximate surface area is 97.9 Å². The average Bonchev–Trinajstić information content (AvgIpc) is 2.21. The minimum Gasteiger partial charge on any atom is -0.382 e. The van der Waals surface area contributed by atoms with E-state index in [4.69, 9.17) is 9.57 Å². The standard InChI is InChI=1S/C10H14INO2/c1-13-6-7-14-12-8-9-2-4-10(11)5-3-9/h2-5,12H,6-8H2,1H3. The number of hydrogen-bond donors (Lipinski definition) is 1. The highest BCUT2D eigenvalue weighted by Crippen LogP contribution is 2.06. The third kappa shape index (κ3) is 4.90. The number of ether oxygens (including phenoxy) is 1. The highest BCUT2D eigenvalue weighted by atomic mass is 127. The Balaban J connectivity index is 2.15. The zero-order valence-corrected chi connectivity index (χ0v) is 10.3. The Bertz CT molecular complexity index is 251. The van der Waals surface area contributed by atoms with Crippen molar-refractivity contribution < 1.29 is 9.57 Å². The molecule has 0 saturated carbocycles. The van der Waals surface area contributed by atoms with Gasteiger partial charge in [-0.2, -0.15) is 5.48 Å². The second kappa shape index (κ2) is 7.17. The first kappa shape index (κ1) is 11.9. The van der Waals surface area contributed by atoms with Gasteiger partial charge in [0.25, 0.3) is 0 Å². The summed E-state index contributed by atoms with van der Waals surface area (Å²) < 4.78 is 6.09. The lowest BCUT2D eigenvalue weighted by molar-refractivity contribution is 0.00346. The van der Waals surface area contributed by atoms with E-state index in [2.05, 4.69) is 52.3 Å². The summed E-state index contributed by atoms with van der Waals surface area (Å²) in [5, 5.41) is 0. The molecule has 0 spiro atoms. The molecule has 0 radical (unpaired) electrons. The average molecular weight is 307 g/mol. The monoisotopic (exact) mass is 307 g/mol. The van der Waals surface area contributed by atoms with E-state index < -0.39 is 0 Å². The number of nitrogens with one attached hydrogen (secondary N) is 1. The highest BCUT2D eigenvalue weighted by Gasteiger charge is 1.92. The summed E-state index contributed by atoms with van der Waals surface area (Å²) in [5.74, 6) is 0. The van der Waals surface area contributed by atoms with Crippen LogP contribution in [-0.2, 0) is 16.1 Å². The molecule has 14 heavy (non-hydrogen) atoms. The fourth-order valence-corrected chi connectivity index (χ4v) is 1.29. The third-order valence-electron chi connectivity index (χ3n) is 1.68. The Morgan fingerprint density at radius 1 is 1.21 bits per heavy atom. The van der Waals surface area contributed by atoms with Gasteiger partial charge in [0.15, 0.2) is 0 Å². The van der Waals surface area contributed by atoms with Crippen LogP contribution in [0, 0.1) is 3.57 Å². The normalized spacial score (nSPS) is 10.4. The number of rotatable bonds is 6. The molecule has 0 atom stereocenters. The number of hydrogen-bond acceptors (Lipinski definition) is 3. The lowest BCUT2D eigenvalue weighted by Gasteiger charge is -2.05. The van der Waals surface area contributed by atoms with Crippen LogP contribution in [0.3, 0.4) is 0 Å². The topological polar surface area (TPSA) is 30.5 Å². The van der Waals surface area contributed by atoms with Crippen LogP contribution in [0.2, 0.25) is 0 Å². The van der Waals surface area contributed by atoms with E-state index in [9.17, 15) is 0 Å². The van der Waals surface area contributed by atoms with E-state index in [1.54, 1.807) is 7.11 Å². The molecule has 0 aromatic heterocycles. The molecule has 0 amide bonds. The molecular weight excluding hydrogens is 293 g/mol. The SMILES string of the molecule is COCCONCc1ccc(I)cc1. The zero-order valence-electron chi connectivity index (χ0n) is 8.13. The van der Waals surface area contributed by atoms with Crippen LogP contribution in [-0.4, -0.2) is 20.3 Å². The number of halogens is 1. The van der Waals surface area contributed by atoms with Crippen molar-refractivity contribution in [3.05, 3.63) is 33.4 Å². The fourth-order valence-electron chi connectivity index (χ4n) is 0.934. The van der Waals surface area contributed by atoms with Gasteiger partial charge in [-0.25, -0.2) is 0 Å². The van der Waals surface area contributed by atoms with Gasteiger partial charge in [-0.1, -0.05) is 12.1 Å². The molecule has 1 rings (SSSR count). The van der Waals surface area contributed by atoms with Crippen LogP contribution in [0.15, 0.2) is 24.3 Å². The van der Waals surface area contributed by atoms with Crippen LogP contribution in [0.4, 0.5) is 0 Å². The van der Waals surface area contributed by atoms with Gasteiger partial charge < -0.3 is 4.74 Å². The van der Waals surface area contributed by atoms with Crippen molar-refractivity contribution in [2.45, 2.75) is 6.54 Å². The summed E-state index contributed by atoms with van der Waals surface area (Å²) in [6.45, 7) is 1.90. The molecule has 0 saturated heterocycles. The summed E-state index contributed by atoms with van der Waals surface area (Å²) in [6, 6.07) is 8.31. The van der Waals surface area contributed by atoms with Gasteiger partial charge in [-0.3, -0.25) is 4.84 Å². The Kier molecular flexibility index (Phi) is 6.09. The van der Waals surface area contributed by atoms with Crippen molar-refractivity contribution in [3.63, 3.8) is 0 Å². The number of benzene rings is 1. The van der Waals surface area contributed by atoms with E-state index in [1.807, 2.05) is 0 Å². The van der Waals surface area contributed by atoms with Crippen molar-refractivity contribution in [1.29, 1.82) is 0 Å². The predicted molar refractivity (Wildman–Crippen MR) is 63.8 cm³/mol. The van der Waals surface area contributed by atoms with Crippen molar-refractivity contribution in [1.82, 2.24) is 5.48 Å². The van der Waals surface area contributed by atoms with Crippen molar-refractivity contribution >= 4 is 22.6 Å². The van der Waals surface area contributed by atoms with Gasteiger partial charge in [-0.05, 0) is 40.3 Å². The van der Waals surface area contributed by atoms with Gasteiger partial charge in [0.2, 0.25) is 0 Å². The smallest absolute Gasteiger partial charge is 0.0916 e. The van der Waals surface area contributed by atoms with Gasteiger partial charge in [-0.15, -0.1) is 0 Å². The molecule has 3 nitrogen and oxygen atoms in total. The third-order valence-corrected chi connectivity index (χ3v) is 2.40. The lowest BCUT2D eigenvalue weighted by atomic mass is 10.2. The summed E-state index contributed by atoms with van der Waals surface area (Å²) >= 11 is 2.28. The molecule has 0 aliphatic carbocycles. The molecule has 0 aliphatic heterocycles. The number of methoxy groups -OCH3 is 1. The molecular formula is C10H14INO2. The highest BCUT2D eigenvalue weighted by molar-refractivity contribution is 14.1. The Hall–Kier alpha value is -0.170. The Morgan fingerprint density at radius 3 is 2.57 bits per heavy atom. The maximum absolute atomic E-state index is 5.13. The second-order valence-electron chi connectivity index (χ2n) is 2.79. The summed E-state index contributed by atoms with van der Waals surface area (Å²) in [4.78, 5) is 5.13. The summed E-state index contributed by atoms with van der Waals surface area (Å²) in [7, 11) is 1.66. The van der Waals surface area contributed by atoms with Gasteiger partial charge >= 0.3 is 0 Å². The fraction of sp³-hybridized carbons (Fsp3) is 0.400. The first-order valence-corrected chi connectivity index (χ1v) is 5.49. The first-order chi connectivity index (χ1) is 6.83. The van der Waals surface area contributed by atoms with Gasteiger partial charge in [0, 0.05) is 17.2 Å². The van der Waals surface area contributed by atoms with E-state index in [1.165, 1.54) is 9.13 Å². The van der Waals surface area contributed by atoms with Crippen LogP contribution in [0.25, 0.3) is 0 Å². The van der Waals surface area contributed by atoms with Crippen LogP contribution >= 0.6 is 22.6 Å². The predicted octanol–water partition coefficient (Wildman–Crippen LogP) is 1.96. The van der Waals surface area contributed by atoms with Gasteiger partial charge in [0.1, 0.15) is 0 Å². The van der Waals surface area contributed by atoms with Crippen molar-refractivity contribution in [2.24, 2.45) is 0 Å². The van der Waals surface area contributed by atoms with E-state index in [0.29, 0.717) is 13.2 Å². The first-order valence-electron chi connectivity index (χ1n) is 4.41. The van der Waals surface area contributed by atoms with E-state index >= 15 is 0 Å². The second-order valence-corrected chi connectivity index (χ2v) is 4.03. The molecule has 1 N–H and O–H groups in total.